The van der Waals surface area contributed by atoms with Crippen LogP contribution in [0, 0.1) is 6.92 Å². The number of methoxy groups -OCH3 is 1. The van der Waals surface area contributed by atoms with E-state index in [0.717, 1.165) is 10.9 Å². The number of aromatic nitrogens is 1. The standard InChI is InChI=1S/C11H13NO3S/c1-8-7-12(16(3,13)14)11-6-9(15-2)4-5-10(8)11/h4-7H,1-3H3. The molecule has 1 aromatic heterocycles. The molecule has 4 nitrogen and oxygen atoms in total. The lowest BCUT2D eigenvalue weighted by atomic mass is 10.2. The largest absolute Gasteiger partial charge is 0.497 e. The van der Waals surface area contributed by atoms with Crippen LogP contribution in [0.1, 0.15) is 5.56 Å². The fraction of sp³-hybridized carbons (Fsp3) is 0.273. The highest BCUT2D eigenvalue weighted by Crippen LogP contribution is 2.26. The SMILES string of the molecule is COc1ccc2c(C)cn(S(C)(=O)=O)c2c1. The molecule has 0 bridgehead atoms. The zero-order chi connectivity index (χ0) is 11.9. The molecule has 0 aliphatic rings. The minimum Gasteiger partial charge on any atom is -0.497 e. The van der Waals surface area contributed by atoms with Crippen molar-refractivity contribution in [3.05, 3.63) is 30.0 Å². The highest BCUT2D eigenvalue weighted by Gasteiger charge is 2.13. The molecule has 1 aromatic carbocycles. The van der Waals surface area contributed by atoms with E-state index in [9.17, 15) is 8.42 Å². The summed E-state index contributed by atoms with van der Waals surface area (Å²) in [6.45, 7) is 1.89. The van der Waals surface area contributed by atoms with Crippen LogP contribution in [-0.4, -0.2) is 25.8 Å². The molecule has 0 fully saturated rings. The lowest BCUT2D eigenvalue weighted by Gasteiger charge is -2.03. The first-order valence-electron chi connectivity index (χ1n) is 4.80. The van der Waals surface area contributed by atoms with Crippen LogP contribution in [0.2, 0.25) is 0 Å². The Kier molecular flexibility index (Phi) is 2.42. The van der Waals surface area contributed by atoms with Crippen molar-refractivity contribution in [1.29, 1.82) is 0 Å². The second-order valence-electron chi connectivity index (χ2n) is 3.75. The average molecular weight is 239 g/mol. The van der Waals surface area contributed by atoms with Crippen molar-refractivity contribution in [3.8, 4) is 5.75 Å². The average Bonchev–Trinajstić information content (AvgIpc) is 2.55. The van der Waals surface area contributed by atoms with Gasteiger partial charge in [-0.05, 0) is 24.6 Å². The van der Waals surface area contributed by atoms with Crippen molar-refractivity contribution < 1.29 is 13.2 Å². The van der Waals surface area contributed by atoms with Crippen LogP contribution >= 0.6 is 0 Å². The van der Waals surface area contributed by atoms with Gasteiger partial charge in [0.15, 0.2) is 0 Å². The van der Waals surface area contributed by atoms with Crippen molar-refractivity contribution in [3.63, 3.8) is 0 Å². The molecule has 0 saturated carbocycles. The maximum Gasteiger partial charge on any atom is 0.236 e. The van der Waals surface area contributed by atoms with E-state index in [1.54, 1.807) is 19.4 Å². The third-order valence-electron chi connectivity index (χ3n) is 2.54. The van der Waals surface area contributed by atoms with Crippen molar-refractivity contribution >= 4 is 20.9 Å². The highest BCUT2D eigenvalue weighted by molar-refractivity contribution is 7.89. The molecule has 0 aliphatic heterocycles. The Morgan fingerprint density at radius 1 is 1.31 bits per heavy atom. The second kappa shape index (κ2) is 3.52. The smallest absolute Gasteiger partial charge is 0.236 e. The molecule has 0 radical (unpaired) electrons. The van der Waals surface area contributed by atoms with Gasteiger partial charge in [-0.2, -0.15) is 0 Å². The predicted octanol–water partition coefficient (Wildman–Crippen LogP) is 1.77. The van der Waals surface area contributed by atoms with Gasteiger partial charge in [0, 0.05) is 17.6 Å². The first kappa shape index (κ1) is 11.0. The molecule has 0 spiro atoms. The molecule has 2 aromatic rings. The van der Waals surface area contributed by atoms with E-state index in [2.05, 4.69) is 0 Å². The van der Waals surface area contributed by atoms with Gasteiger partial charge in [0.1, 0.15) is 5.75 Å². The van der Waals surface area contributed by atoms with Gasteiger partial charge in [0.05, 0.1) is 18.9 Å². The number of hydrogen-bond acceptors (Lipinski definition) is 3. The second-order valence-corrected chi connectivity index (χ2v) is 5.61. The molecule has 16 heavy (non-hydrogen) atoms. The predicted molar refractivity (Wildman–Crippen MR) is 63.5 cm³/mol. The lowest BCUT2D eigenvalue weighted by molar-refractivity contribution is 0.415. The van der Waals surface area contributed by atoms with E-state index in [0.29, 0.717) is 11.3 Å². The van der Waals surface area contributed by atoms with Crippen LogP contribution in [0.3, 0.4) is 0 Å². The van der Waals surface area contributed by atoms with Crippen LogP contribution < -0.4 is 4.74 Å². The van der Waals surface area contributed by atoms with Crippen molar-refractivity contribution in [1.82, 2.24) is 3.97 Å². The van der Waals surface area contributed by atoms with Crippen LogP contribution in [0.25, 0.3) is 10.9 Å². The van der Waals surface area contributed by atoms with E-state index in [-0.39, 0.29) is 0 Å². The van der Waals surface area contributed by atoms with Crippen molar-refractivity contribution in [2.75, 3.05) is 13.4 Å². The van der Waals surface area contributed by atoms with E-state index < -0.39 is 10.0 Å². The summed E-state index contributed by atoms with van der Waals surface area (Å²) in [5, 5.41) is 0.922. The summed E-state index contributed by atoms with van der Waals surface area (Å²) in [4.78, 5) is 0. The Labute approximate surface area is 94.5 Å². The van der Waals surface area contributed by atoms with Crippen molar-refractivity contribution in [2.24, 2.45) is 0 Å². The molecule has 86 valence electrons. The fourth-order valence-electron chi connectivity index (χ4n) is 1.74. The Hall–Kier alpha value is -1.49. The van der Waals surface area contributed by atoms with Crippen LogP contribution in [0.5, 0.6) is 5.75 Å². The number of rotatable bonds is 2. The summed E-state index contributed by atoms with van der Waals surface area (Å²) in [6, 6.07) is 5.41. The normalized spacial score (nSPS) is 11.9. The number of fused-ring (bicyclic) bond motifs is 1. The third-order valence-corrected chi connectivity index (χ3v) is 3.55. The summed E-state index contributed by atoms with van der Waals surface area (Å²) in [5.41, 5.74) is 1.59. The number of ether oxygens (including phenoxy) is 1. The molecule has 0 saturated heterocycles. The van der Waals surface area contributed by atoms with Gasteiger partial charge in [-0.3, -0.25) is 0 Å². The van der Waals surface area contributed by atoms with E-state index >= 15 is 0 Å². The molecule has 0 amide bonds. The van der Waals surface area contributed by atoms with E-state index in [1.165, 1.54) is 10.2 Å². The van der Waals surface area contributed by atoms with E-state index in [4.69, 9.17) is 4.74 Å². The molecule has 5 heteroatoms. The number of nitrogens with zero attached hydrogens (tertiary/aromatic N) is 1. The zero-order valence-electron chi connectivity index (χ0n) is 9.39. The maximum atomic E-state index is 11.6. The summed E-state index contributed by atoms with van der Waals surface area (Å²) >= 11 is 0. The monoisotopic (exact) mass is 239 g/mol. The van der Waals surface area contributed by atoms with Gasteiger partial charge in [-0.1, -0.05) is 0 Å². The molecular formula is C11H13NO3S. The summed E-state index contributed by atoms with van der Waals surface area (Å²) in [7, 11) is -1.72. The minimum atomic E-state index is -3.27. The number of hydrogen-bond donors (Lipinski definition) is 0. The first-order valence-corrected chi connectivity index (χ1v) is 6.64. The Bertz CT molecular complexity index is 641. The van der Waals surface area contributed by atoms with Crippen LogP contribution in [0.15, 0.2) is 24.4 Å². The van der Waals surface area contributed by atoms with Crippen LogP contribution in [0.4, 0.5) is 0 Å². The summed E-state index contributed by atoms with van der Waals surface area (Å²) < 4.78 is 29.5. The summed E-state index contributed by atoms with van der Waals surface area (Å²) in [6.07, 6.45) is 2.81. The molecular weight excluding hydrogens is 226 g/mol. The minimum absolute atomic E-state index is 0.649. The number of benzene rings is 1. The van der Waals surface area contributed by atoms with Gasteiger partial charge >= 0.3 is 0 Å². The number of aryl methyl sites for hydroxylation is 1. The molecule has 0 atom stereocenters. The summed E-state index contributed by atoms with van der Waals surface area (Å²) in [5.74, 6) is 0.649. The first-order chi connectivity index (χ1) is 7.43. The van der Waals surface area contributed by atoms with Gasteiger partial charge in [0.25, 0.3) is 0 Å². The Morgan fingerprint density at radius 3 is 2.56 bits per heavy atom. The molecule has 2 rings (SSSR count). The van der Waals surface area contributed by atoms with Gasteiger partial charge in [-0.15, -0.1) is 0 Å². The van der Waals surface area contributed by atoms with E-state index in [1.807, 2.05) is 19.1 Å². The Morgan fingerprint density at radius 2 is 2.00 bits per heavy atom. The molecule has 0 unspecified atom stereocenters. The molecule has 1 heterocycles. The van der Waals surface area contributed by atoms with Gasteiger partial charge in [-0.25, -0.2) is 12.4 Å². The van der Waals surface area contributed by atoms with Crippen LogP contribution in [-0.2, 0) is 10.0 Å². The van der Waals surface area contributed by atoms with Gasteiger partial charge in [0.2, 0.25) is 10.0 Å². The topological polar surface area (TPSA) is 48.3 Å². The third kappa shape index (κ3) is 1.67. The zero-order valence-corrected chi connectivity index (χ0v) is 10.2. The lowest BCUT2D eigenvalue weighted by Crippen LogP contribution is -2.08. The molecule has 0 aliphatic carbocycles. The van der Waals surface area contributed by atoms with Crippen molar-refractivity contribution in [2.45, 2.75) is 6.92 Å². The Balaban J connectivity index is 2.86. The molecule has 0 N–H and O–H groups in total. The fourth-order valence-corrected chi connectivity index (χ4v) is 2.60. The quantitative estimate of drug-likeness (QED) is 0.802. The van der Waals surface area contributed by atoms with Gasteiger partial charge < -0.3 is 4.74 Å². The highest BCUT2D eigenvalue weighted by atomic mass is 32.2. The maximum absolute atomic E-state index is 11.6.